The number of nitrogens with two attached hydrogens (primary N) is 1. The topological polar surface area (TPSA) is 129 Å². The first-order chi connectivity index (χ1) is 13.0. The summed E-state index contributed by atoms with van der Waals surface area (Å²) in [7, 11) is 0. The third-order valence-corrected chi connectivity index (χ3v) is 4.30. The van der Waals surface area contributed by atoms with Crippen molar-refractivity contribution in [2.24, 2.45) is 5.73 Å². The van der Waals surface area contributed by atoms with Crippen LogP contribution in [0.3, 0.4) is 0 Å². The number of aromatic hydroxyl groups is 1. The zero-order valence-corrected chi connectivity index (χ0v) is 14.4. The van der Waals surface area contributed by atoms with Gasteiger partial charge in [-0.25, -0.2) is 4.79 Å². The number of carbonyl (C=O) groups excluding carboxylic acids is 2. The van der Waals surface area contributed by atoms with E-state index in [1.807, 2.05) is 11.0 Å². The first-order valence-electron chi connectivity index (χ1n) is 8.32. The maximum atomic E-state index is 12.0. The number of phenolic OH excluding ortho intramolecular Hbond substituents is 1. The van der Waals surface area contributed by atoms with Crippen LogP contribution in [-0.4, -0.2) is 36.3 Å². The smallest absolute Gasteiger partial charge is 0.411 e. The number of phenols is 1. The molecule has 4 N–H and O–H groups in total. The molecule has 2 amide bonds. The Morgan fingerprint density at radius 3 is 2.63 bits per heavy atom. The van der Waals surface area contributed by atoms with Crippen molar-refractivity contribution in [2.75, 3.05) is 23.3 Å². The van der Waals surface area contributed by atoms with Crippen LogP contribution in [0.2, 0.25) is 0 Å². The lowest BCUT2D eigenvalue weighted by Crippen LogP contribution is -2.26. The summed E-state index contributed by atoms with van der Waals surface area (Å²) in [5.74, 6) is -0.611. The number of ether oxygens (including phenoxy) is 1. The minimum Gasteiger partial charge on any atom is -0.506 e. The molecule has 138 valence electrons. The number of benzene rings is 2. The summed E-state index contributed by atoms with van der Waals surface area (Å²) in [6.45, 7) is 1.15. The quantitative estimate of drug-likeness (QED) is 0.761. The van der Waals surface area contributed by atoms with Gasteiger partial charge in [0.05, 0.1) is 12.1 Å². The monoisotopic (exact) mass is 366 g/mol. The maximum Gasteiger partial charge on any atom is 0.411 e. The highest BCUT2D eigenvalue weighted by atomic mass is 16.6. The number of nitrogens with zero attached hydrogens (tertiary/aromatic N) is 2. The molecule has 1 fully saturated rings. The van der Waals surface area contributed by atoms with Crippen molar-refractivity contribution >= 4 is 23.4 Å². The minimum absolute atomic E-state index is 0.0727. The van der Waals surface area contributed by atoms with Gasteiger partial charge < -0.3 is 20.5 Å². The number of hydrogen-bond donors (Lipinski definition) is 3. The number of anilines is 2. The molecule has 8 heteroatoms. The molecule has 1 aliphatic heterocycles. The molecule has 0 radical (unpaired) electrons. The van der Waals surface area contributed by atoms with Gasteiger partial charge in [0.25, 0.3) is 0 Å². The van der Waals surface area contributed by atoms with Crippen LogP contribution in [0.15, 0.2) is 42.5 Å². The van der Waals surface area contributed by atoms with Crippen molar-refractivity contribution in [3.63, 3.8) is 0 Å². The number of hydrogen-bond acceptors (Lipinski definition) is 6. The van der Waals surface area contributed by atoms with Crippen molar-refractivity contribution in [3.8, 4) is 11.8 Å². The van der Waals surface area contributed by atoms with E-state index in [0.29, 0.717) is 30.8 Å². The van der Waals surface area contributed by atoms with E-state index in [0.717, 1.165) is 5.69 Å². The Balaban J connectivity index is 1.55. The van der Waals surface area contributed by atoms with E-state index in [4.69, 9.17) is 15.7 Å². The van der Waals surface area contributed by atoms with Crippen molar-refractivity contribution in [3.05, 3.63) is 53.6 Å². The van der Waals surface area contributed by atoms with Crippen LogP contribution in [0.1, 0.15) is 22.3 Å². The fraction of sp³-hybridized carbons (Fsp3) is 0.211. The van der Waals surface area contributed by atoms with Crippen molar-refractivity contribution in [1.82, 2.24) is 0 Å². The predicted octanol–water partition coefficient (Wildman–Crippen LogP) is 2.19. The Morgan fingerprint density at radius 1 is 1.26 bits per heavy atom. The normalized spacial score (nSPS) is 15.8. The Labute approximate surface area is 155 Å². The molecule has 0 spiro atoms. The minimum atomic E-state index is -0.587. The van der Waals surface area contributed by atoms with E-state index in [1.165, 1.54) is 18.2 Å². The second-order valence-electron chi connectivity index (χ2n) is 6.14. The van der Waals surface area contributed by atoms with Gasteiger partial charge in [-0.15, -0.1) is 0 Å². The Kier molecular flexibility index (Phi) is 5.13. The molecule has 1 aliphatic rings. The Bertz CT molecular complexity index is 905. The van der Waals surface area contributed by atoms with Gasteiger partial charge in [-0.3, -0.25) is 10.1 Å². The summed E-state index contributed by atoms with van der Waals surface area (Å²) in [5.41, 5.74) is 7.00. The van der Waals surface area contributed by atoms with Crippen LogP contribution in [0, 0.1) is 11.3 Å². The summed E-state index contributed by atoms with van der Waals surface area (Å²) in [4.78, 5) is 25.1. The van der Waals surface area contributed by atoms with Gasteiger partial charge >= 0.3 is 6.09 Å². The lowest BCUT2D eigenvalue weighted by molar-refractivity contribution is 0.1000. The molecule has 3 rings (SSSR count). The summed E-state index contributed by atoms with van der Waals surface area (Å²) < 4.78 is 5.42. The predicted molar refractivity (Wildman–Crippen MR) is 98.5 cm³/mol. The van der Waals surface area contributed by atoms with Crippen LogP contribution in [-0.2, 0) is 4.74 Å². The second kappa shape index (κ2) is 7.66. The van der Waals surface area contributed by atoms with Crippen LogP contribution >= 0.6 is 0 Å². The van der Waals surface area contributed by atoms with Gasteiger partial charge in [0, 0.05) is 36.0 Å². The zero-order chi connectivity index (χ0) is 19.4. The van der Waals surface area contributed by atoms with Gasteiger partial charge in [-0.05, 0) is 36.4 Å². The Morgan fingerprint density at radius 2 is 2.00 bits per heavy atom. The number of rotatable bonds is 4. The highest BCUT2D eigenvalue weighted by Gasteiger charge is 2.26. The summed E-state index contributed by atoms with van der Waals surface area (Å²) in [6.07, 6.45) is -0.238. The molecule has 8 nitrogen and oxygen atoms in total. The van der Waals surface area contributed by atoms with E-state index in [9.17, 15) is 14.7 Å². The van der Waals surface area contributed by atoms with Crippen molar-refractivity contribution < 1.29 is 19.4 Å². The SMILES string of the molecule is N#Cc1ccc(N2CC[C@@H](OC(=O)Nc3ccc(C(N)=O)cc3)C2)cc1O. The fourth-order valence-electron chi connectivity index (χ4n) is 2.89. The number of amides is 2. The highest BCUT2D eigenvalue weighted by Crippen LogP contribution is 2.27. The standard InChI is InChI=1S/C19H18N4O4/c20-10-13-3-6-15(9-17(13)24)23-8-7-16(11-23)27-19(26)22-14-4-1-12(2-5-14)18(21)25/h1-6,9,16,24H,7-8,11H2,(H2,21,25)(H,22,26)/t16-/m1/s1. The summed E-state index contributed by atoms with van der Waals surface area (Å²) >= 11 is 0. The largest absolute Gasteiger partial charge is 0.506 e. The number of nitrogens with one attached hydrogen (secondary N) is 1. The third kappa shape index (κ3) is 4.27. The van der Waals surface area contributed by atoms with Crippen LogP contribution < -0.4 is 16.0 Å². The highest BCUT2D eigenvalue weighted by molar-refractivity contribution is 5.93. The molecule has 1 atom stereocenters. The number of primary amides is 1. The average Bonchev–Trinajstić information content (AvgIpc) is 3.10. The van der Waals surface area contributed by atoms with Crippen molar-refractivity contribution in [1.29, 1.82) is 5.26 Å². The molecule has 2 aromatic carbocycles. The average molecular weight is 366 g/mol. The molecule has 0 bridgehead atoms. The van der Waals surface area contributed by atoms with Gasteiger partial charge in [0.1, 0.15) is 17.9 Å². The van der Waals surface area contributed by atoms with E-state index >= 15 is 0 Å². The van der Waals surface area contributed by atoms with Gasteiger partial charge in [-0.1, -0.05) is 0 Å². The van der Waals surface area contributed by atoms with E-state index in [2.05, 4.69) is 5.32 Å². The Hall–Kier alpha value is -3.73. The lowest BCUT2D eigenvalue weighted by Gasteiger charge is -2.19. The van der Waals surface area contributed by atoms with Gasteiger partial charge in [0.15, 0.2) is 0 Å². The van der Waals surface area contributed by atoms with Gasteiger partial charge in [0.2, 0.25) is 5.91 Å². The maximum absolute atomic E-state index is 12.0. The molecule has 0 aliphatic carbocycles. The lowest BCUT2D eigenvalue weighted by atomic mass is 10.2. The van der Waals surface area contributed by atoms with Gasteiger partial charge in [-0.2, -0.15) is 5.26 Å². The molecule has 27 heavy (non-hydrogen) atoms. The number of carbonyl (C=O) groups is 2. The number of nitriles is 1. The van der Waals surface area contributed by atoms with Crippen LogP contribution in [0.4, 0.5) is 16.2 Å². The molecule has 0 unspecified atom stereocenters. The molecule has 2 aromatic rings. The molecule has 1 saturated heterocycles. The van der Waals surface area contributed by atoms with E-state index in [1.54, 1.807) is 24.3 Å². The van der Waals surface area contributed by atoms with Crippen LogP contribution in [0.5, 0.6) is 5.75 Å². The van der Waals surface area contributed by atoms with Crippen molar-refractivity contribution in [2.45, 2.75) is 12.5 Å². The first kappa shape index (κ1) is 18.1. The molecule has 1 heterocycles. The zero-order valence-electron chi connectivity index (χ0n) is 14.4. The van der Waals surface area contributed by atoms with E-state index in [-0.39, 0.29) is 17.4 Å². The second-order valence-corrected chi connectivity index (χ2v) is 6.14. The molecular formula is C19H18N4O4. The molecule has 0 saturated carbocycles. The summed E-state index contributed by atoms with van der Waals surface area (Å²) in [6, 6.07) is 12.9. The van der Waals surface area contributed by atoms with Crippen LogP contribution in [0.25, 0.3) is 0 Å². The molecular weight excluding hydrogens is 348 g/mol. The molecule has 0 aromatic heterocycles. The summed E-state index contributed by atoms with van der Waals surface area (Å²) in [5, 5.41) is 21.3. The van der Waals surface area contributed by atoms with E-state index < -0.39 is 12.0 Å². The first-order valence-corrected chi connectivity index (χ1v) is 8.32. The fourth-order valence-corrected chi connectivity index (χ4v) is 2.89. The third-order valence-electron chi connectivity index (χ3n) is 4.30.